The maximum absolute atomic E-state index is 13.1. The molecule has 2 rings (SSSR count). The second kappa shape index (κ2) is 5.36. The monoisotopic (exact) mass is 255 g/mol. The van der Waals surface area contributed by atoms with Gasteiger partial charge in [-0.1, -0.05) is 24.9 Å². The number of benzene rings is 1. The number of halogens is 2. The van der Waals surface area contributed by atoms with E-state index in [0.717, 1.165) is 12.1 Å². The van der Waals surface area contributed by atoms with E-state index >= 15 is 0 Å². The molecule has 1 aliphatic carbocycles. The highest BCUT2D eigenvalue weighted by molar-refractivity contribution is 6.31. The van der Waals surface area contributed by atoms with Gasteiger partial charge < -0.3 is 5.32 Å². The molecule has 1 nitrogen and oxygen atoms in total. The van der Waals surface area contributed by atoms with Gasteiger partial charge in [0.15, 0.2) is 0 Å². The van der Waals surface area contributed by atoms with Gasteiger partial charge in [-0.25, -0.2) is 4.39 Å². The first-order valence-corrected chi connectivity index (χ1v) is 6.68. The van der Waals surface area contributed by atoms with Crippen LogP contribution in [0, 0.1) is 11.2 Å². The van der Waals surface area contributed by atoms with Gasteiger partial charge in [0.1, 0.15) is 5.82 Å². The van der Waals surface area contributed by atoms with Gasteiger partial charge >= 0.3 is 0 Å². The predicted octanol–water partition coefficient (Wildman–Crippen LogP) is 4.15. The summed E-state index contributed by atoms with van der Waals surface area (Å²) in [4.78, 5) is 0. The number of hydrogen-bond acceptors (Lipinski definition) is 1. The summed E-state index contributed by atoms with van der Waals surface area (Å²) in [7, 11) is 0. The minimum absolute atomic E-state index is 0.221. The molecule has 1 N–H and O–H groups in total. The minimum atomic E-state index is -0.221. The Kier molecular flexibility index (Phi) is 4.05. The van der Waals surface area contributed by atoms with Crippen LogP contribution >= 0.6 is 11.6 Å². The van der Waals surface area contributed by atoms with E-state index in [-0.39, 0.29) is 5.82 Å². The average molecular weight is 256 g/mol. The molecule has 0 heterocycles. The van der Waals surface area contributed by atoms with Crippen molar-refractivity contribution in [2.45, 2.75) is 39.2 Å². The van der Waals surface area contributed by atoms with Gasteiger partial charge in [0.25, 0.3) is 0 Å². The van der Waals surface area contributed by atoms with E-state index in [1.165, 1.54) is 37.8 Å². The first-order chi connectivity index (χ1) is 8.15. The van der Waals surface area contributed by atoms with E-state index in [1.54, 1.807) is 6.07 Å². The summed E-state index contributed by atoms with van der Waals surface area (Å²) in [6, 6.07) is 4.52. The highest BCUT2D eigenvalue weighted by atomic mass is 35.5. The molecule has 3 heteroatoms. The molecule has 0 saturated heterocycles. The second-order valence-electron chi connectivity index (χ2n) is 5.09. The van der Waals surface area contributed by atoms with Crippen molar-refractivity contribution >= 4 is 11.6 Å². The smallest absolute Gasteiger partial charge is 0.123 e. The zero-order chi connectivity index (χ0) is 12.3. The van der Waals surface area contributed by atoms with E-state index < -0.39 is 0 Å². The molecule has 1 fully saturated rings. The Hall–Kier alpha value is -0.600. The van der Waals surface area contributed by atoms with Crippen molar-refractivity contribution in [2.75, 3.05) is 6.54 Å². The first-order valence-electron chi connectivity index (χ1n) is 6.30. The second-order valence-corrected chi connectivity index (χ2v) is 5.50. The van der Waals surface area contributed by atoms with Gasteiger partial charge in [-0.05, 0) is 48.4 Å². The molecule has 0 unspecified atom stereocenters. The van der Waals surface area contributed by atoms with E-state index in [1.807, 2.05) is 0 Å². The van der Waals surface area contributed by atoms with Gasteiger partial charge in [0.05, 0.1) is 0 Å². The van der Waals surface area contributed by atoms with Crippen LogP contribution in [0.5, 0.6) is 0 Å². The largest absolute Gasteiger partial charge is 0.312 e. The van der Waals surface area contributed by atoms with E-state index in [9.17, 15) is 4.39 Å². The molecule has 1 aromatic rings. The molecule has 0 spiro atoms. The molecular formula is C14H19ClFN. The summed E-state index contributed by atoms with van der Waals surface area (Å²) in [6.07, 6.45) is 5.18. The van der Waals surface area contributed by atoms with Crippen molar-refractivity contribution < 1.29 is 4.39 Å². The number of hydrogen-bond donors (Lipinski definition) is 1. The quantitative estimate of drug-likeness (QED) is 0.805. The van der Waals surface area contributed by atoms with Gasteiger partial charge in [-0.2, -0.15) is 0 Å². The van der Waals surface area contributed by atoms with Crippen LogP contribution in [0.1, 0.15) is 38.2 Å². The van der Waals surface area contributed by atoms with Gasteiger partial charge in [-0.3, -0.25) is 0 Å². The molecular weight excluding hydrogens is 237 g/mol. The van der Waals surface area contributed by atoms with Crippen molar-refractivity contribution in [2.24, 2.45) is 5.41 Å². The summed E-state index contributed by atoms with van der Waals surface area (Å²) >= 11 is 6.02. The normalized spacial score (nSPS) is 17.1. The molecule has 0 amide bonds. The lowest BCUT2D eigenvalue weighted by Gasteiger charge is -2.15. The minimum Gasteiger partial charge on any atom is -0.312 e. The highest BCUT2D eigenvalue weighted by Crippen LogP contribution is 2.48. The Bertz CT molecular complexity index is 388. The molecule has 1 aliphatic rings. The zero-order valence-corrected chi connectivity index (χ0v) is 11.0. The molecule has 17 heavy (non-hydrogen) atoms. The van der Waals surface area contributed by atoms with E-state index in [0.29, 0.717) is 17.0 Å². The van der Waals surface area contributed by atoms with Gasteiger partial charge in [0.2, 0.25) is 0 Å². The standard InChI is InChI=1S/C14H19ClFN/c1-2-5-14(6-7-14)10-17-9-11-8-12(16)3-4-13(11)15/h3-4,8,17H,2,5-7,9-10H2,1H3. The van der Waals surface area contributed by atoms with Crippen molar-refractivity contribution in [1.29, 1.82) is 0 Å². The Morgan fingerprint density at radius 1 is 1.41 bits per heavy atom. The molecule has 0 radical (unpaired) electrons. The number of nitrogens with one attached hydrogen (secondary N) is 1. The molecule has 1 aromatic carbocycles. The van der Waals surface area contributed by atoms with Crippen LogP contribution in [0.2, 0.25) is 5.02 Å². The van der Waals surface area contributed by atoms with Crippen LogP contribution in [-0.2, 0) is 6.54 Å². The van der Waals surface area contributed by atoms with Crippen molar-refractivity contribution in [3.8, 4) is 0 Å². The Balaban J connectivity index is 1.84. The first kappa shape index (κ1) is 12.8. The van der Waals surface area contributed by atoms with E-state index in [2.05, 4.69) is 12.2 Å². The van der Waals surface area contributed by atoms with Crippen LogP contribution < -0.4 is 5.32 Å². The summed E-state index contributed by atoms with van der Waals surface area (Å²) in [5.41, 5.74) is 1.37. The lowest BCUT2D eigenvalue weighted by molar-refractivity contribution is 0.420. The third-order valence-corrected chi connectivity index (χ3v) is 3.93. The SMILES string of the molecule is CCCC1(CNCc2cc(F)ccc2Cl)CC1. The lowest BCUT2D eigenvalue weighted by Crippen LogP contribution is -2.23. The Labute approximate surface area is 107 Å². The Morgan fingerprint density at radius 3 is 2.82 bits per heavy atom. The highest BCUT2D eigenvalue weighted by Gasteiger charge is 2.40. The third kappa shape index (κ3) is 3.43. The lowest BCUT2D eigenvalue weighted by atomic mass is 10.0. The van der Waals surface area contributed by atoms with E-state index in [4.69, 9.17) is 11.6 Å². The zero-order valence-electron chi connectivity index (χ0n) is 10.2. The summed E-state index contributed by atoms with van der Waals surface area (Å²) in [5.74, 6) is -0.221. The van der Waals surface area contributed by atoms with Crippen molar-refractivity contribution in [1.82, 2.24) is 5.32 Å². The fourth-order valence-corrected chi connectivity index (χ4v) is 2.55. The summed E-state index contributed by atoms with van der Waals surface area (Å²) in [6.45, 7) is 3.90. The molecule has 1 saturated carbocycles. The van der Waals surface area contributed by atoms with Crippen molar-refractivity contribution in [3.05, 3.63) is 34.6 Å². The average Bonchev–Trinajstić information content (AvgIpc) is 3.04. The number of rotatable bonds is 6. The summed E-state index contributed by atoms with van der Waals surface area (Å²) < 4.78 is 13.1. The van der Waals surface area contributed by atoms with Crippen LogP contribution in [0.25, 0.3) is 0 Å². The van der Waals surface area contributed by atoms with Gasteiger partial charge in [0, 0.05) is 18.1 Å². The maximum atomic E-state index is 13.1. The fraction of sp³-hybridized carbons (Fsp3) is 0.571. The van der Waals surface area contributed by atoms with Crippen LogP contribution in [0.4, 0.5) is 4.39 Å². The molecule has 0 bridgehead atoms. The van der Waals surface area contributed by atoms with Crippen LogP contribution in [0.15, 0.2) is 18.2 Å². The Morgan fingerprint density at radius 2 is 2.18 bits per heavy atom. The van der Waals surface area contributed by atoms with Crippen LogP contribution in [-0.4, -0.2) is 6.54 Å². The third-order valence-electron chi connectivity index (χ3n) is 3.56. The maximum Gasteiger partial charge on any atom is 0.123 e. The molecule has 94 valence electrons. The molecule has 0 aliphatic heterocycles. The van der Waals surface area contributed by atoms with Gasteiger partial charge in [-0.15, -0.1) is 0 Å². The topological polar surface area (TPSA) is 12.0 Å². The molecule has 0 aromatic heterocycles. The summed E-state index contributed by atoms with van der Waals surface area (Å²) in [5, 5.41) is 4.04. The molecule has 0 atom stereocenters. The predicted molar refractivity (Wildman–Crippen MR) is 69.7 cm³/mol. The van der Waals surface area contributed by atoms with Crippen LogP contribution in [0.3, 0.4) is 0 Å². The van der Waals surface area contributed by atoms with Crippen molar-refractivity contribution in [3.63, 3.8) is 0 Å². The fourth-order valence-electron chi connectivity index (χ4n) is 2.36.